The number of benzene rings is 1. The highest BCUT2D eigenvalue weighted by Crippen LogP contribution is 2.24. The second kappa shape index (κ2) is 12.4. The molecule has 1 N–H and O–H groups in total. The van der Waals surface area contributed by atoms with Gasteiger partial charge in [-0.25, -0.2) is 4.79 Å². The summed E-state index contributed by atoms with van der Waals surface area (Å²) >= 11 is 0. The number of rotatable bonds is 5. The number of allylic oxidation sites excluding steroid dienone is 1. The number of nitriles is 2. The van der Waals surface area contributed by atoms with Gasteiger partial charge in [-0.05, 0) is 26.8 Å². The van der Waals surface area contributed by atoms with Gasteiger partial charge in [-0.15, -0.1) is 0 Å². The van der Waals surface area contributed by atoms with Crippen LogP contribution in [0.5, 0.6) is 0 Å². The van der Waals surface area contributed by atoms with Gasteiger partial charge in [0.15, 0.2) is 0 Å². The van der Waals surface area contributed by atoms with Crippen molar-refractivity contribution in [3.05, 3.63) is 64.8 Å². The SMILES string of the molecule is CC(C)=CCN1CC(=O)N(Cc2ncc3ccccc3c2C#N)C(=O)N(C)C/C(C#N)=C\1N1CCCNCC1. The van der Waals surface area contributed by atoms with Crippen LogP contribution in [0.4, 0.5) is 4.79 Å². The minimum absolute atomic E-state index is 0.0555. The van der Waals surface area contributed by atoms with Gasteiger partial charge in [0.25, 0.3) is 5.91 Å². The molecular weight excluding hydrogens is 492 g/mol. The van der Waals surface area contributed by atoms with Crippen molar-refractivity contribution in [3.8, 4) is 12.1 Å². The van der Waals surface area contributed by atoms with Crippen molar-refractivity contribution >= 4 is 22.7 Å². The Balaban J connectivity index is 1.76. The lowest BCUT2D eigenvalue weighted by atomic mass is 10.1. The van der Waals surface area contributed by atoms with Crippen molar-refractivity contribution in [3.63, 3.8) is 0 Å². The Hall–Kier alpha value is -4.41. The quantitative estimate of drug-likeness (QED) is 0.591. The molecule has 202 valence electrons. The van der Waals surface area contributed by atoms with E-state index in [1.165, 1.54) is 4.90 Å². The predicted molar refractivity (Wildman–Crippen MR) is 148 cm³/mol. The van der Waals surface area contributed by atoms with E-state index in [1.54, 1.807) is 13.2 Å². The third-order valence-electron chi connectivity index (χ3n) is 6.94. The van der Waals surface area contributed by atoms with Crippen molar-refractivity contribution in [2.75, 3.05) is 52.9 Å². The molecule has 1 saturated heterocycles. The number of carbonyl (C=O) groups is 2. The molecule has 10 nitrogen and oxygen atoms in total. The van der Waals surface area contributed by atoms with Crippen molar-refractivity contribution in [2.24, 2.45) is 0 Å². The summed E-state index contributed by atoms with van der Waals surface area (Å²) in [5.41, 5.74) is 2.22. The lowest BCUT2D eigenvalue weighted by Gasteiger charge is -2.35. The van der Waals surface area contributed by atoms with Crippen LogP contribution in [0.1, 0.15) is 31.5 Å². The molecule has 1 fully saturated rings. The number of aromatic nitrogens is 1. The molecule has 1 aromatic carbocycles. The van der Waals surface area contributed by atoms with Gasteiger partial charge < -0.3 is 20.0 Å². The van der Waals surface area contributed by atoms with Gasteiger partial charge in [0.1, 0.15) is 18.0 Å². The Morgan fingerprint density at radius 1 is 1.10 bits per heavy atom. The summed E-state index contributed by atoms with van der Waals surface area (Å²) in [5, 5.41) is 25.1. The highest BCUT2D eigenvalue weighted by molar-refractivity contribution is 5.96. The molecule has 3 amide bonds. The monoisotopic (exact) mass is 526 g/mol. The van der Waals surface area contributed by atoms with Crippen LogP contribution < -0.4 is 5.32 Å². The van der Waals surface area contributed by atoms with E-state index in [1.807, 2.05) is 49.1 Å². The molecule has 0 bridgehead atoms. The Morgan fingerprint density at radius 3 is 2.64 bits per heavy atom. The Labute approximate surface area is 229 Å². The summed E-state index contributed by atoms with van der Waals surface area (Å²) in [6.07, 6.45) is 4.57. The van der Waals surface area contributed by atoms with Gasteiger partial charge in [0.05, 0.1) is 36.5 Å². The Kier molecular flexibility index (Phi) is 8.80. The number of hydrogen-bond acceptors (Lipinski definition) is 8. The fourth-order valence-corrected chi connectivity index (χ4v) is 4.94. The normalized spacial score (nSPS) is 19.1. The van der Waals surface area contributed by atoms with Crippen LogP contribution in [0, 0.1) is 22.7 Å². The summed E-state index contributed by atoms with van der Waals surface area (Å²) < 4.78 is 0. The van der Waals surface area contributed by atoms with Crippen molar-refractivity contribution in [2.45, 2.75) is 26.8 Å². The van der Waals surface area contributed by atoms with Crippen LogP contribution in [0.2, 0.25) is 0 Å². The van der Waals surface area contributed by atoms with E-state index in [4.69, 9.17) is 0 Å². The number of imide groups is 1. The van der Waals surface area contributed by atoms with Gasteiger partial charge in [-0.3, -0.25) is 14.7 Å². The first-order valence-electron chi connectivity index (χ1n) is 13.1. The molecule has 2 aromatic rings. The van der Waals surface area contributed by atoms with Gasteiger partial charge in [-0.2, -0.15) is 10.5 Å². The summed E-state index contributed by atoms with van der Waals surface area (Å²) in [6, 6.07) is 11.4. The summed E-state index contributed by atoms with van der Waals surface area (Å²) in [7, 11) is 1.59. The average molecular weight is 527 g/mol. The minimum atomic E-state index is -0.535. The molecule has 2 aliphatic rings. The molecule has 0 unspecified atom stereocenters. The second-order valence-corrected chi connectivity index (χ2v) is 10.1. The van der Waals surface area contributed by atoms with Crippen LogP contribution in [0.3, 0.4) is 0 Å². The van der Waals surface area contributed by atoms with E-state index >= 15 is 0 Å². The number of amides is 3. The molecule has 0 radical (unpaired) electrons. The number of hydrogen-bond donors (Lipinski definition) is 1. The molecule has 3 heterocycles. The van der Waals surface area contributed by atoms with E-state index in [-0.39, 0.29) is 19.6 Å². The number of urea groups is 1. The summed E-state index contributed by atoms with van der Waals surface area (Å²) in [6.45, 7) is 7.28. The molecule has 0 aliphatic carbocycles. The van der Waals surface area contributed by atoms with Gasteiger partial charge in [-0.1, -0.05) is 35.9 Å². The molecule has 39 heavy (non-hydrogen) atoms. The number of likely N-dealkylation sites (N-methyl/N-ethyl adjacent to an activating group) is 1. The van der Waals surface area contributed by atoms with E-state index in [0.29, 0.717) is 35.7 Å². The van der Waals surface area contributed by atoms with E-state index < -0.39 is 11.9 Å². The Bertz CT molecular complexity index is 1390. The maximum absolute atomic E-state index is 13.9. The minimum Gasteiger partial charge on any atom is -0.356 e. The standard InChI is InChI=1S/C29H34N8O2/c1-21(2)9-13-36-20-27(38)37(19-26-25(16-31)24-8-5-4-7-22(24)17-33-26)29(39)34(3)18-23(15-30)28(36)35-12-6-10-32-11-14-35/h4-5,7-9,17,32H,6,10-14,18-20H2,1-3H3/b28-23-. The van der Waals surface area contributed by atoms with Crippen LogP contribution in [0.25, 0.3) is 10.8 Å². The first-order chi connectivity index (χ1) is 18.8. The number of pyridine rings is 1. The maximum atomic E-state index is 13.9. The summed E-state index contributed by atoms with van der Waals surface area (Å²) in [5.74, 6) is 0.271. The number of fused-ring (bicyclic) bond motifs is 1. The lowest BCUT2D eigenvalue weighted by Crippen LogP contribution is -2.48. The van der Waals surface area contributed by atoms with Gasteiger partial charge in [0, 0.05) is 50.2 Å². The fourth-order valence-electron chi connectivity index (χ4n) is 4.94. The molecule has 10 heteroatoms. The highest BCUT2D eigenvalue weighted by Gasteiger charge is 2.33. The molecular formula is C29H34N8O2. The largest absolute Gasteiger partial charge is 0.356 e. The van der Waals surface area contributed by atoms with Crippen LogP contribution >= 0.6 is 0 Å². The van der Waals surface area contributed by atoms with E-state index in [2.05, 4.69) is 27.3 Å². The van der Waals surface area contributed by atoms with E-state index in [9.17, 15) is 20.1 Å². The first-order valence-corrected chi connectivity index (χ1v) is 13.1. The van der Waals surface area contributed by atoms with Gasteiger partial charge in [0.2, 0.25) is 0 Å². The number of nitrogens with zero attached hydrogens (tertiary/aromatic N) is 7. The average Bonchev–Trinajstić information content (AvgIpc) is 3.20. The smallest absolute Gasteiger partial charge is 0.327 e. The van der Waals surface area contributed by atoms with Crippen LogP contribution in [0.15, 0.2) is 53.5 Å². The molecule has 4 rings (SSSR count). The van der Waals surface area contributed by atoms with E-state index in [0.717, 1.165) is 47.3 Å². The van der Waals surface area contributed by atoms with Crippen LogP contribution in [-0.2, 0) is 11.3 Å². The maximum Gasteiger partial charge on any atom is 0.327 e. The molecule has 0 saturated carbocycles. The number of carbonyl (C=O) groups excluding carboxylic acids is 2. The lowest BCUT2D eigenvalue weighted by molar-refractivity contribution is -0.130. The predicted octanol–water partition coefficient (Wildman–Crippen LogP) is 2.80. The molecule has 0 spiro atoms. The zero-order valence-corrected chi connectivity index (χ0v) is 22.8. The van der Waals surface area contributed by atoms with Crippen molar-refractivity contribution < 1.29 is 9.59 Å². The first kappa shape index (κ1) is 27.6. The molecule has 1 aromatic heterocycles. The van der Waals surface area contributed by atoms with Crippen LogP contribution in [-0.4, -0.2) is 89.4 Å². The fraction of sp³-hybridized carbons (Fsp3) is 0.414. The van der Waals surface area contributed by atoms with Crippen molar-refractivity contribution in [1.29, 1.82) is 10.5 Å². The molecule has 0 atom stereocenters. The zero-order valence-electron chi connectivity index (χ0n) is 22.8. The van der Waals surface area contributed by atoms with Crippen molar-refractivity contribution in [1.82, 2.24) is 29.9 Å². The topological polar surface area (TPSA) is 120 Å². The highest BCUT2D eigenvalue weighted by atomic mass is 16.2. The Morgan fingerprint density at radius 2 is 1.90 bits per heavy atom. The molecule has 2 aliphatic heterocycles. The zero-order chi connectivity index (χ0) is 27.9. The third kappa shape index (κ3) is 6.19. The van der Waals surface area contributed by atoms with Gasteiger partial charge >= 0.3 is 6.03 Å². The summed E-state index contributed by atoms with van der Waals surface area (Å²) in [4.78, 5) is 38.5. The second-order valence-electron chi connectivity index (χ2n) is 10.1. The number of nitrogens with one attached hydrogen (secondary N) is 1. The third-order valence-corrected chi connectivity index (χ3v) is 6.94.